The van der Waals surface area contributed by atoms with E-state index in [0.29, 0.717) is 47.5 Å². The summed E-state index contributed by atoms with van der Waals surface area (Å²) in [5.41, 5.74) is 3.58. The zero-order chi connectivity index (χ0) is 24.4. The summed E-state index contributed by atoms with van der Waals surface area (Å²) in [6, 6.07) is 9.17. The first-order valence-corrected chi connectivity index (χ1v) is 13.2. The molecule has 0 spiro atoms. The molecule has 0 amide bonds. The van der Waals surface area contributed by atoms with Crippen LogP contribution in [-0.2, 0) is 11.2 Å². The van der Waals surface area contributed by atoms with E-state index in [-0.39, 0.29) is 11.9 Å². The Labute approximate surface area is 207 Å². The fourth-order valence-electron chi connectivity index (χ4n) is 6.01. The average Bonchev–Trinajstić information content (AvgIpc) is 3.71. The number of aryl methyl sites for hydroxylation is 1. The number of hydrogen-bond acceptors (Lipinski definition) is 1. The van der Waals surface area contributed by atoms with Crippen LogP contribution in [0.3, 0.4) is 0 Å². The lowest BCUT2D eigenvalue weighted by molar-refractivity contribution is 0.308. The van der Waals surface area contributed by atoms with Gasteiger partial charge in [0.1, 0.15) is 11.9 Å². The van der Waals surface area contributed by atoms with Gasteiger partial charge in [-0.2, -0.15) is 0 Å². The van der Waals surface area contributed by atoms with Crippen molar-refractivity contribution in [1.29, 1.82) is 0 Å². The predicted octanol–water partition coefficient (Wildman–Crippen LogP) is 8.84. The lowest BCUT2D eigenvalue weighted by Gasteiger charge is -2.29. The minimum Gasteiger partial charge on any atom is -0.368 e. The van der Waals surface area contributed by atoms with Gasteiger partial charge in [0.2, 0.25) is 0 Å². The quantitative estimate of drug-likeness (QED) is 0.285. The Bertz CT molecular complexity index is 1110. The van der Waals surface area contributed by atoms with Gasteiger partial charge in [0.25, 0.3) is 0 Å². The van der Waals surface area contributed by atoms with Gasteiger partial charge in [-0.05, 0) is 105 Å². The van der Waals surface area contributed by atoms with E-state index in [1.165, 1.54) is 0 Å². The van der Waals surface area contributed by atoms with Crippen LogP contribution in [0.15, 0.2) is 48.6 Å². The van der Waals surface area contributed by atoms with Gasteiger partial charge >= 0.3 is 0 Å². The van der Waals surface area contributed by atoms with Crippen LogP contribution in [0.4, 0.5) is 13.2 Å². The van der Waals surface area contributed by atoms with Gasteiger partial charge in [-0.25, -0.2) is 13.2 Å². The molecule has 0 bridgehead atoms. The lowest BCUT2D eigenvalue weighted by Crippen LogP contribution is -2.15. The molecule has 1 nitrogen and oxygen atoms in total. The second-order valence-electron chi connectivity index (χ2n) is 10.5. The van der Waals surface area contributed by atoms with E-state index in [9.17, 15) is 13.2 Å². The highest BCUT2D eigenvalue weighted by Crippen LogP contribution is 2.40. The summed E-state index contributed by atoms with van der Waals surface area (Å²) in [4.78, 5) is 0. The van der Waals surface area contributed by atoms with Crippen LogP contribution >= 0.6 is 0 Å². The second-order valence-corrected chi connectivity index (χ2v) is 10.5. The second kappa shape index (κ2) is 10.7. The SMILES string of the molecule is C/C=C/C1CC=C(c2ccc(CCC3CCC(c4ccc(C5CO5)c(F)c4)CC3)c(F)c2F)CC1. The van der Waals surface area contributed by atoms with Gasteiger partial charge in [0.05, 0.1) is 6.61 Å². The van der Waals surface area contributed by atoms with E-state index in [0.717, 1.165) is 62.5 Å². The average molecular weight is 481 g/mol. The van der Waals surface area contributed by atoms with Gasteiger partial charge in [0, 0.05) is 11.1 Å². The summed E-state index contributed by atoms with van der Waals surface area (Å²) in [5.74, 6) is -0.148. The number of rotatable bonds is 7. The molecule has 4 heteroatoms. The fourth-order valence-corrected chi connectivity index (χ4v) is 6.01. The molecule has 2 fully saturated rings. The van der Waals surface area contributed by atoms with Crippen molar-refractivity contribution in [1.82, 2.24) is 0 Å². The highest BCUT2D eigenvalue weighted by molar-refractivity contribution is 5.67. The molecule has 0 N–H and O–H groups in total. The topological polar surface area (TPSA) is 12.5 Å². The molecular weight excluding hydrogens is 445 g/mol. The van der Waals surface area contributed by atoms with Crippen molar-refractivity contribution >= 4 is 5.57 Å². The maximum absolute atomic E-state index is 14.9. The van der Waals surface area contributed by atoms with Crippen LogP contribution in [0.5, 0.6) is 0 Å². The van der Waals surface area contributed by atoms with E-state index >= 15 is 0 Å². The summed E-state index contributed by atoms with van der Waals surface area (Å²) >= 11 is 0. The van der Waals surface area contributed by atoms with Crippen molar-refractivity contribution in [3.8, 4) is 0 Å². The third kappa shape index (κ3) is 5.58. The largest absolute Gasteiger partial charge is 0.368 e. The van der Waals surface area contributed by atoms with Gasteiger partial charge in [-0.15, -0.1) is 0 Å². The molecule has 1 aliphatic heterocycles. The third-order valence-electron chi connectivity index (χ3n) is 8.27. The highest BCUT2D eigenvalue weighted by Gasteiger charge is 2.29. The van der Waals surface area contributed by atoms with Crippen LogP contribution < -0.4 is 0 Å². The zero-order valence-electron chi connectivity index (χ0n) is 20.5. The first kappa shape index (κ1) is 24.4. The summed E-state index contributed by atoms with van der Waals surface area (Å²) in [6.45, 7) is 2.63. The van der Waals surface area contributed by atoms with E-state index in [1.807, 2.05) is 19.1 Å². The van der Waals surface area contributed by atoms with E-state index in [2.05, 4.69) is 18.2 Å². The van der Waals surface area contributed by atoms with Crippen molar-refractivity contribution in [3.63, 3.8) is 0 Å². The van der Waals surface area contributed by atoms with Crippen LogP contribution in [0, 0.1) is 29.3 Å². The molecule has 5 rings (SSSR count). The van der Waals surface area contributed by atoms with Gasteiger partial charge in [-0.3, -0.25) is 0 Å². The minimum absolute atomic E-state index is 0.0611. The molecule has 2 aliphatic carbocycles. The molecule has 0 aromatic heterocycles. The molecule has 2 aromatic carbocycles. The van der Waals surface area contributed by atoms with Gasteiger partial charge in [-0.1, -0.05) is 42.5 Å². The molecule has 2 aromatic rings. The predicted molar refractivity (Wildman–Crippen MR) is 135 cm³/mol. The van der Waals surface area contributed by atoms with Crippen LogP contribution in [0.2, 0.25) is 0 Å². The number of ether oxygens (including phenoxy) is 1. The highest BCUT2D eigenvalue weighted by atomic mass is 19.2. The maximum Gasteiger partial charge on any atom is 0.166 e. The molecule has 3 aliphatic rings. The fraction of sp³-hybridized carbons (Fsp3) is 0.484. The molecule has 35 heavy (non-hydrogen) atoms. The van der Waals surface area contributed by atoms with Crippen LogP contribution in [-0.4, -0.2) is 6.61 Å². The molecule has 2 unspecified atom stereocenters. The van der Waals surface area contributed by atoms with Crippen LogP contribution in [0.25, 0.3) is 5.57 Å². The Morgan fingerprint density at radius 1 is 0.971 bits per heavy atom. The third-order valence-corrected chi connectivity index (χ3v) is 8.27. The Hall–Kier alpha value is -2.33. The molecular formula is C31H35F3O. The maximum atomic E-state index is 14.9. The molecule has 1 saturated heterocycles. The van der Waals surface area contributed by atoms with Crippen LogP contribution in [0.1, 0.15) is 92.6 Å². The molecule has 2 atom stereocenters. The van der Waals surface area contributed by atoms with Crippen molar-refractivity contribution < 1.29 is 17.9 Å². The zero-order valence-corrected chi connectivity index (χ0v) is 20.5. The Morgan fingerprint density at radius 3 is 2.43 bits per heavy atom. The van der Waals surface area contributed by atoms with Gasteiger partial charge < -0.3 is 4.74 Å². The standard InChI is InChI=1S/C31H35F3O/c1-2-3-20-6-11-23(12-7-20)26-16-14-24(30(33)31(26)34)13-8-21-4-9-22(10-5-21)25-15-17-27(28(32)18-25)29-19-35-29/h2-3,11,14-18,20-22,29H,4-10,12-13,19H2,1H3/b3-2+. The Kier molecular flexibility index (Phi) is 7.48. The molecule has 0 radical (unpaired) electrons. The van der Waals surface area contributed by atoms with Crippen molar-refractivity contribution in [2.24, 2.45) is 11.8 Å². The summed E-state index contributed by atoms with van der Waals surface area (Å²) in [6.07, 6.45) is 14.5. The van der Waals surface area contributed by atoms with Crippen molar-refractivity contribution in [2.75, 3.05) is 6.61 Å². The number of epoxide rings is 1. The monoisotopic (exact) mass is 480 g/mol. The minimum atomic E-state index is -0.691. The summed E-state index contributed by atoms with van der Waals surface area (Å²) in [7, 11) is 0. The Morgan fingerprint density at radius 2 is 1.77 bits per heavy atom. The number of benzene rings is 2. The number of allylic oxidation sites excluding steroid dienone is 4. The normalized spacial score (nSPS) is 26.7. The number of halogens is 3. The molecule has 1 saturated carbocycles. The molecule has 1 heterocycles. The van der Waals surface area contributed by atoms with E-state index < -0.39 is 11.6 Å². The van der Waals surface area contributed by atoms with E-state index in [4.69, 9.17) is 4.74 Å². The summed E-state index contributed by atoms with van der Waals surface area (Å²) < 4.78 is 49.5. The Balaban J connectivity index is 1.15. The van der Waals surface area contributed by atoms with Crippen molar-refractivity contribution in [2.45, 2.75) is 76.7 Å². The first-order chi connectivity index (χ1) is 17.0. The smallest absolute Gasteiger partial charge is 0.166 e. The van der Waals surface area contributed by atoms with Gasteiger partial charge in [0.15, 0.2) is 11.6 Å². The summed E-state index contributed by atoms with van der Waals surface area (Å²) in [5, 5.41) is 0. The lowest BCUT2D eigenvalue weighted by atomic mass is 9.76. The number of hydrogen-bond donors (Lipinski definition) is 0. The first-order valence-electron chi connectivity index (χ1n) is 13.2. The van der Waals surface area contributed by atoms with Crippen molar-refractivity contribution in [3.05, 3.63) is 88.3 Å². The molecule has 186 valence electrons. The van der Waals surface area contributed by atoms with E-state index in [1.54, 1.807) is 18.2 Å².